The molecule has 0 aliphatic carbocycles. The molecule has 0 saturated heterocycles. The van der Waals surface area contributed by atoms with E-state index in [4.69, 9.17) is 4.74 Å². The number of nitrogens with one attached hydrogen (secondary N) is 3. The SMILES string of the molecule is CCCCNC(=O)c1ccc(CNC(=NCc2cccc(OC)c2)NCC)cc1.I. The van der Waals surface area contributed by atoms with Crippen LogP contribution in [0.2, 0.25) is 0 Å². The van der Waals surface area contributed by atoms with E-state index in [1.54, 1.807) is 7.11 Å². The Morgan fingerprint density at radius 2 is 1.77 bits per heavy atom. The summed E-state index contributed by atoms with van der Waals surface area (Å²) in [6.07, 6.45) is 2.06. The molecule has 7 heteroatoms. The molecule has 0 unspecified atom stereocenters. The van der Waals surface area contributed by atoms with Crippen LogP contribution in [0.5, 0.6) is 5.75 Å². The Bertz CT molecular complexity index is 794. The summed E-state index contributed by atoms with van der Waals surface area (Å²) in [6.45, 7) is 6.82. The second kappa shape index (κ2) is 14.7. The molecule has 3 N–H and O–H groups in total. The Labute approximate surface area is 196 Å². The summed E-state index contributed by atoms with van der Waals surface area (Å²) >= 11 is 0. The van der Waals surface area contributed by atoms with Crippen molar-refractivity contribution in [3.63, 3.8) is 0 Å². The summed E-state index contributed by atoms with van der Waals surface area (Å²) in [5.74, 6) is 1.55. The normalized spacial score (nSPS) is 10.7. The van der Waals surface area contributed by atoms with Gasteiger partial charge in [0.2, 0.25) is 0 Å². The lowest BCUT2D eigenvalue weighted by Crippen LogP contribution is -2.36. The van der Waals surface area contributed by atoms with E-state index < -0.39 is 0 Å². The van der Waals surface area contributed by atoms with Crippen LogP contribution < -0.4 is 20.7 Å². The fourth-order valence-corrected chi connectivity index (χ4v) is 2.72. The topological polar surface area (TPSA) is 74.8 Å². The fourth-order valence-electron chi connectivity index (χ4n) is 2.72. The predicted octanol–water partition coefficient (Wildman–Crippen LogP) is 4.10. The van der Waals surface area contributed by atoms with E-state index in [9.17, 15) is 4.79 Å². The van der Waals surface area contributed by atoms with Crippen molar-refractivity contribution in [2.45, 2.75) is 39.8 Å². The summed E-state index contributed by atoms with van der Waals surface area (Å²) in [4.78, 5) is 16.7. The van der Waals surface area contributed by atoms with E-state index in [0.717, 1.165) is 42.2 Å². The van der Waals surface area contributed by atoms with Gasteiger partial charge >= 0.3 is 0 Å². The second-order valence-corrected chi connectivity index (χ2v) is 6.71. The largest absolute Gasteiger partial charge is 0.497 e. The van der Waals surface area contributed by atoms with Crippen LogP contribution in [0.4, 0.5) is 0 Å². The number of amides is 1. The monoisotopic (exact) mass is 524 g/mol. The van der Waals surface area contributed by atoms with Crippen molar-refractivity contribution < 1.29 is 9.53 Å². The molecule has 0 aromatic heterocycles. The van der Waals surface area contributed by atoms with E-state index >= 15 is 0 Å². The van der Waals surface area contributed by atoms with Gasteiger partial charge in [0.05, 0.1) is 13.7 Å². The van der Waals surface area contributed by atoms with Crippen LogP contribution in [0.15, 0.2) is 53.5 Å². The molecule has 0 spiro atoms. The molecule has 0 bridgehead atoms. The van der Waals surface area contributed by atoms with Crippen molar-refractivity contribution in [1.29, 1.82) is 0 Å². The molecular weight excluding hydrogens is 491 g/mol. The van der Waals surface area contributed by atoms with Gasteiger partial charge in [0.25, 0.3) is 5.91 Å². The molecular formula is C23H33IN4O2. The highest BCUT2D eigenvalue weighted by Crippen LogP contribution is 2.13. The van der Waals surface area contributed by atoms with Crippen molar-refractivity contribution in [3.05, 3.63) is 65.2 Å². The zero-order chi connectivity index (χ0) is 20.9. The highest BCUT2D eigenvalue weighted by atomic mass is 127. The lowest BCUT2D eigenvalue weighted by Gasteiger charge is -2.12. The van der Waals surface area contributed by atoms with Gasteiger partial charge in [0.15, 0.2) is 5.96 Å². The number of ether oxygens (including phenoxy) is 1. The van der Waals surface area contributed by atoms with E-state index in [0.29, 0.717) is 25.2 Å². The van der Waals surface area contributed by atoms with Gasteiger partial charge in [-0.2, -0.15) is 0 Å². The molecule has 0 atom stereocenters. The Kier molecular flexibility index (Phi) is 12.6. The molecule has 0 aliphatic heterocycles. The van der Waals surface area contributed by atoms with Crippen molar-refractivity contribution in [3.8, 4) is 5.75 Å². The zero-order valence-corrected chi connectivity index (χ0v) is 20.4. The maximum atomic E-state index is 12.1. The lowest BCUT2D eigenvalue weighted by atomic mass is 10.1. The quantitative estimate of drug-likeness (QED) is 0.190. The van der Waals surface area contributed by atoms with Gasteiger partial charge in [-0.1, -0.05) is 37.6 Å². The molecule has 0 radical (unpaired) electrons. The van der Waals surface area contributed by atoms with Crippen LogP contribution in [0, 0.1) is 0 Å². The number of halogens is 1. The molecule has 0 aliphatic rings. The van der Waals surface area contributed by atoms with Gasteiger partial charge in [0, 0.05) is 25.2 Å². The van der Waals surface area contributed by atoms with Crippen LogP contribution in [0.1, 0.15) is 48.2 Å². The Hall–Kier alpha value is -2.29. The molecule has 0 saturated carbocycles. The number of nitrogens with zero attached hydrogens (tertiary/aromatic N) is 1. The third kappa shape index (κ3) is 9.02. The molecule has 6 nitrogen and oxygen atoms in total. The Morgan fingerprint density at radius 1 is 1.00 bits per heavy atom. The van der Waals surface area contributed by atoms with Crippen molar-refractivity contribution >= 4 is 35.8 Å². The predicted molar refractivity (Wildman–Crippen MR) is 134 cm³/mol. The average Bonchev–Trinajstić information content (AvgIpc) is 2.76. The van der Waals surface area contributed by atoms with Crippen LogP contribution in [-0.2, 0) is 13.1 Å². The number of unbranched alkanes of at least 4 members (excludes halogenated alkanes) is 1. The Balaban J connectivity index is 0.00000450. The number of benzene rings is 2. The zero-order valence-electron chi connectivity index (χ0n) is 18.0. The molecule has 0 heterocycles. The highest BCUT2D eigenvalue weighted by molar-refractivity contribution is 14.0. The summed E-state index contributed by atoms with van der Waals surface area (Å²) in [5, 5.41) is 9.52. The number of guanidine groups is 1. The van der Waals surface area contributed by atoms with Gasteiger partial charge in [-0.3, -0.25) is 4.79 Å². The van der Waals surface area contributed by atoms with Crippen LogP contribution >= 0.6 is 24.0 Å². The molecule has 30 heavy (non-hydrogen) atoms. The highest BCUT2D eigenvalue weighted by Gasteiger charge is 2.05. The molecule has 0 fully saturated rings. The van der Waals surface area contributed by atoms with Gasteiger partial charge in [-0.05, 0) is 48.7 Å². The number of methoxy groups -OCH3 is 1. The first kappa shape index (κ1) is 25.7. The van der Waals surface area contributed by atoms with E-state index in [1.165, 1.54) is 0 Å². The second-order valence-electron chi connectivity index (χ2n) is 6.71. The summed E-state index contributed by atoms with van der Waals surface area (Å²) in [6, 6.07) is 15.5. The smallest absolute Gasteiger partial charge is 0.251 e. The third-order valence-electron chi connectivity index (χ3n) is 4.39. The number of rotatable bonds is 10. The van der Waals surface area contributed by atoms with Gasteiger partial charge in [-0.15, -0.1) is 24.0 Å². The first-order chi connectivity index (χ1) is 14.2. The molecule has 2 rings (SSSR count). The first-order valence-corrected chi connectivity index (χ1v) is 10.2. The molecule has 1 amide bonds. The molecule has 2 aromatic rings. The van der Waals surface area contributed by atoms with Gasteiger partial charge < -0.3 is 20.7 Å². The average molecular weight is 524 g/mol. The maximum Gasteiger partial charge on any atom is 0.251 e. The van der Waals surface area contributed by atoms with Crippen LogP contribution in [0.3, 0.4) is 0 Å². The summed E-state index contributed by atoms with van der Waals surface area (Å²) in [7, 11) is 1.66. The van der Waals surface area contributed by atoms with E-state index in [-0.39, 0.29) is 29.9 Å². The minimum atomic E-state index is -0.0221. The first-order valence-electron chi connectivity index (χ1n) is 10.2. The standard InChI is InChI=1S/C23H32N4O2.HI/c1-4-6-14-25-22(28)20-12-10-18(11-13-20)16-26-23(24-5-2)27-17-19-8-7-9-21(15-19)29-3;/h7-13,15H,4-6,14,16-17H2,1-3H3,(H,25,28)(H2,24,26,27);1H. The summed E-state index contributed by atoms with van der Waals surface area (Å²) < 4.78 is 5.26. The number of hydrogen-bond donors (Lipinski definition) is 3. The fraction of sp³-hybridized carbons (Fsp3) is 0.391. The van der Waals surface area contributed by atoms with E-state index in [1.807, 2.05) is 55.5 Å². The van der Waals surface area contributed by atoms with Gasteiger partial charge in [0.1, 0.15) is 5.75 Å². The summed E-state index contributed by atoms with van der Waals surface area (Å²) in [5.41, 5.74) is 2.85. The molecule has 164 valence electrons. The van der Waals surface area contributed by atoms with E-state index in [2.05, 4.69) is 27.9 Å². The minimum Gasteiger partial charge on any atom is -0.497 e. The van der Waals surface area contributed by atoms with Crippen molar-refractivity contribution in [2.75, 3.05) is 20.2 Å². The Morgan fingerprint density at radius 3 is 2.43 bits per heavy atom. The van der Waals surface area contributed by atoms with Crippen LogP contribution in [0.25, 0.3) is 0 Å². The van der Waals surface area contributed by atoms with Crippen molar-refractivity contribution in [2.24, 2.45) is 4.99 Å². The van der Waals surface area contributed by atoms with Gasteiger partial charge in [-0.25, -0.2) is 4.99 Å². The number of carbonyl (C=O) groups excluding carboxylic acids is 1. The van der Waals surface area contributed by atoms with Crippen molar-refractivity contribution in [1.82, 2.24) is 16.0 Å². The maximum absolute atomic E-state index is 12.1. The number of carbonyl (C=O) groups is 1. The molecule has 2 aromatic carbocycles. The van der Waals surface area contributed by atoms with Crippen LogP contribution in [-0.4, -0.2) is 32.1 Å². The minimum absolute atomic E-state index is 0. The lowest BCUT2D eigenvalue weighted by molar-refractivity contribution is 0.0953. The third-order valence-corrected chi connectivity index (χ3v) is 4.39. The number of aliphatic imine (C=N–C) groups is 1. The number of hydrogen-bond acceptors (Lipinski definition) is 3.